The SMILES string of the molecule is Cc1cccc(-c2ccc(C(F)(F)F)cc2)c1C(=O)NCC1(c2nccn2C)NC(=O)NC1=O. The van der Waals surface area contributed by atoms with E-state index in [-0.39, 0.29) is 17.9 Å². The van der Waals surface area contributed by atoms with Gasteiger partial charge in [0.1, 0.15) is 5.82 Å². The molecule has 11 heteroatoms. The Balaban J connectivity index is 1.66. The molecule has 3 aromatic rings. The number of alkyl halides is 3. The van der Waals surface area contributed by atoms with Gasteiger partial charge < -0.3 is 15.2 Å². The lowest BCUT2D eigenvalue weighted by Gasteiger charge is -2.26. The molecule has 1 atom stereocenters. The van der Waals surface area contributed by atoms with Crippen LogP contribution >= 0.6 is 0 Å². The Hall–Kier alpha value is -4.15. The lowest BCUT2D eigenvalue weighted by Crippen LogP contribution is -2.54. The fraction of sp³-hybridized carbons (Fsp3) is 0.217. The molecule has 2 heterocycles. The van der Waals surface area contributed by atoms with Crippen LogP contribution in [-0.4, -0.2) is 33.9 Å². The first-order valence-corrected chi connectivity index (χ1v) is 10.2. The molecule has 1 aromatic heterocycles. The number of carbonyl (C=O) groups excluding carboxylic acids is 3. The largest absolute Gasteiger partial charge is 0.416 e. The van der Waals surface area contributed by atoms with Crippen LogP contribution in [0, 0.1) is 6.92 Å². The standard InChI is InChI=1S/C23H20F3N5O3/c1-13-4-3-5-16(14-6-8-15(9-7-14)23(24,25)26)17(13)18(32)28-12-22(19-27-10-11-31(19)2)20(33)29-21(34)30-22/h3-11H,12H2,1-2H3,(H,28,32)(H2,29,30,33,34). The Morgan fingerprint density at radius 3 is 2.41 bits per heavy atom. The number of carbonyl (C=O) groups is 3. The van der Waals surface area contributed by atoms with Crippen LogP contribution in [-0.2, 0) is 23.6 Å². The molecule has 2 aromatic carbocycles. The molecule has 0 saturated carbocycles. The van der Waals surface area contributed by atoms with Crippen molar-refractivity contribution < 1.29 is 27.6 Å². The zero-order valence-corrected chi connectivity index (χ0v) is 18.2. The number of hydrogen-bond donors (Lipinski definition) is 3. The minimum atomic E-state index is -4.48. The number of imidazole rings is 1. The quantitative estimate of drug-likeness (QED) is 0.498. The van der Waals surface area contributed by atoms with Gasteiger partial charge in [0, 0.05) is 19.4 Å². The zero-order chi connectivity index (χ0) is 24.7. The second-order valence-corrected chi connectivity index (χ2v) is 7.93. The number of aryl methyl sites for hydroxylation is 2. The summed E-state index contributed by atoms with van der Waals surface area (Å²) in [5.41, 5.74) is -0.746. The van der Waals surface area contributed by atoms with E-state index in [2.05, 4.69) is 20.9 Å². The molecule has 0 spiro atoms. The van der Waals surface area contributed by atoms with Gasteiger partial charge in [0.15, 0.2) is 5.54 Å². The molecule has 1 fully saturated rings. The fourth-order valence-corrected chi connectivity index (χ4v) is 3.98. The number of nitrogens with zero attached hydrogens (tertiary/aromatic N) is 2. The maximum Gasteiger partial charge on any atom is 0.416 e. The van der Waals surface area contributed by atoms with Crippen LogP contribution in [0.3, 0.4) is 0 Å². The number of amides is 4. The van der Waals surface area contributed by atoms with Crippen molar-refractivity contribution in [1.29, 1.82) is 0 Å². The predicted molar refractivity (Wildman–Crippen MR) is 116 cm³/mol. The summed E-state index contributed by atoms with van der Waals surface area (Å²) in [5.74, 6) is -1.00. The van der Waals surface area contributed by atoms with Crippen molar-refractivity contribution in [1.82, 2.24) is 25.5 Å². The van der Waals surface area contributed by atoms with E-state index >= 15 is 0 Å². The van der Waals surface area contributed by atoms with Crippen LogP contribution in [0.1, 0.15) is 27.3 Å². The van der Waals surface area contributed by atoms with Crippen molar-refractivity contribution >= 4 is 17.8 Å². The molecule has 34 heavy (non-hydrogen) atoms. The number of imide groups is 1. The van der Waals surface area contributed by atoms with E-state index in [1.54, 1.807) is 42.9 Å². The number of nitrogens with one attached hydrogen (secondary N) is 3. The highest BCUT2D eigenvalue weighted by molar-refractivity contribution is 6.08. The smallest absolute Gasteiger partial charge is 0.349 e. The molecule has 1 unspecified atom stereocenters. The third-order valence-corrected chi connectivity index (χ3v) is 5.68. The Morgan fingerprint density at radius 2 is 1.85 bits per heavy atom. The van der Waals surface area contributed by atoms with Gasteiger partial charge in [-0.05, 0) is 35.7 Å². The molecule has 0 bridgehead atoms. The van der Waals surface area contributed by atoms with E-state index in [4.69, 9.17) is 0 Å². The summed E-state index contributed by atoms with van der Waals surface area (Å²) >= 11 is 0. The average molecular weight is 471 g/mol. The predicted octanol–water partition coefficient (Wildman–Crippen LogP) is 2.88. The second kappa shape index (κ2) is 8.32. The van der Waals surface area contributed by atoms with Crippen molar-refractivity contribution in [2.24, 2.45) is 7.05 Å². The lowest BCUT2D eigenvalue weighted by atomic mass is 9.94. The van der Waals surface area contributed by atoms with Gasteiger partial charge in [-0.25, -0.2) is 9.78 Å². The van der Waals surface area contributed by atoms with E-state index in [1.807, 2.05) is 0 Å². The van der Waals surface area contributed by atoms with E-state index in [0.29, 0.717) is 16.7 Å². The van der Waals surface area contributed by atoms with Crippen molar-refractivity contribution in [2.75, 3.05) is 6.54 Å². The van der Waals surface area contributed by atoms with Gasteiger partial charge in [-0.15, -0.1) is 0 Å². The minimum absolute atomic E-state index is 0.226. The van der Waals surface area contributed by atoms with Gasteiger partial charge in [0.2, 0.25) is 0 Å². The first-order chi connectivity index (χ1) is 16.0. The number of halogens is 3. The summed E-state index contributed by atoms with van der Waals surface area (Å²) in [7, 11) is 1.65. The van der Waals surface area contributed by atoms with Crippen LogP contribution in [0.15, 0.2) is 54.9 Å². The van der Waals surface area contributed by atoms with Crippen molar-refractivity contribution in [3.63, 3.8) is 0 Å². The highest BCUT2D eigenvalue weighted by atomic mass is 19.4. The molecular formula is C23H20F3N5O3. The van der Waals surface area contributed by atoms with Crippen LogP contribution in [0.2, 0.25) is 0 Å². The monoisotopic (exact) mass is 471 g/mol. The summed E-state index contributed by atoms with van der Waals surface area (Å²) in [5, 5.41) is 7.40. The molecule has 1 aliphatic heterocycles. The number of hydrogen-bond acceptors (Lipinski definition) is 4. The van der Waals surface area contributed by atoms with Crippen molar-refractivity contribution in [3.8, 4) is 11.1 Å². The Kier molecular flexibility index (Phi) is 5.64. The third kappa shape index (κ3) is 4.00. The fourth-order valence-electron chi connectivity index (χ4n) is 3.98. The van der Waals surface area contributed by atoms with E-state index in [9.17, 15) is 27.6 Å². The first kappa shape index (κ1) is 23.0. The number of urea groups is 1. The van der Waals surface area contributed by atoms with Crippen molar-refractivity contribution in [3.05, 3.63) is 77.4 Å². The molecule has 4 amide bonds. The lowest BCUT2D eigenvalue weighted by molar-refractivity contribution is -0.137. The highest BCUT2D eigenvalue weighted by Crippen LogP contribution is 2.32. The second-order valence-electron chi connectivity index (χ2n) is 7.93. The molecule has 176 valence electrons. The molecule has 1 saturated heterocycles. The van der Waals surface area contributed by atoms with Gasteiger partial charge in [-0.3, -0.25) is 14.9 Å². The maximum atomic E-state index is 13.3. The van der Waals surface area contributed by atoms with Gasteiger partial charge in [0.25, 0.3) is 11.8 Å². The third-order valence-electron chi connectivity index (χ3n) is 5.68. The summed E-state index contributed by atoms with van der Waals surface area (Å²) in [4.78, 5) is 42.0. The Morgan fingerprint density at radius 1 is 1.15 bits per heavy atom. The molecule has 0 radical (unpaired) electrons. The summed E-state index contributed by atoms with van der Waals surface area (Å²) in [6, 6.07) is 8.80. The van der Waals surface area contributed by atoms with Crippen LogP contribution in [0.4, 0.5) is 18.0 Å². The number of benzene rings is 2. The topological polar surface area (TPSA) is 105 Å². The van der Waals surface area contributed by atoms with E-state index in [1.165, 1.54) is 18.3 Å². The van der Waals surface area contributed by atoms with E-state index < -0.39 is 35.1 Å². The van der Waals surface area contributed by atoms with Crippen LogP contribution < -0.4 is 16.0 Å². The molecular weight excluding hydrogens is 451 g/mol. The molecule has 1 aliphatic rings. The first-order valence-electron chi connectivity index (χ1n) is 10.2. The summed E-state index contributed by atoms with van der Waals surface area (Å²) < 4.78 is 40.4. The summed E-state index contributed by atoms with van der Waals surface area (Å²) in [6.07, 6.45) is -1.42. The summed E-state index contributed by atoms with van der Waals surface area (Å²) in [6.45, 7) is 1.40. The van der Waals surface area contributed by atoms with E-state index in [0.717, 1.165) is 12.1 Å². The Bertz CT molecular complexity index is 1280. The molecule has 4 rings (SSSR count). The van der Waals surface area contributed by atoms with Crippen molar-refractivity contribution in [2.45, 2.75) is 18.6 Å². The molecule has 0 aliphatic carbocycles. The zero-order valence-electron chi connectivity index (χ0n) is 18.2. The molecule has 8 nitrogen and oxygen atoms in total. The van der Waals surface area contributed by atoms with Gasteiger partial charge in [0.05, 0.1) is 17.7 Å². The Labute approximate surface area is 192 Å². The van der Waals surface area contributed by atoms with Gasteiger partial charge in [-0.2, -0.15) is 13.2 Å². The van der Waals surface area contributed by atoms with Gasteiger partial charge in [-0.1, -0.05) is 30.3 Å². The maximum absolute atomic E-state index is 13.3. The van der Waals surface area contributed by atoms with Gasteiger partial charge >= 0.3 is 12.2 Å². The van der Waals surface area contributed by atoms with Crippen LogP contribution in [0.25, 0.3) is 11.1 Å². The minimum Gasteiger partial charge on any atom is -0.349 e. The highest BCUT2D eigenvalue weighted by Gasteiger charge is 2.51. The molecule has 3 N–H and O–H groups in total. The normalized spacial score (nSPS) is 17.9. The number of rotatable bonds is 5. The number of aromatic nitrogens is 2. The average Bonchev–Trinajstić information content (AvgIpc) is 3.33. The van der Waals surface area contributed by atoms with Crippen LogP contribution in [0.5, 0.6) is 0 Å².